The number of hydrogen-bond acceptors (Lipinski definition) is 4. The van der Waals surface area contributed by atoms with Crippen molar-refractivity contribution in [3.63, 3.8) is 0 Å². The standard InChI is InChI=1S/C20H27N3OS.2ClH/c1-3-12-23(18-8-10-21-11-9-18)19(24)13-17-14-25-20(22-17)16-6-4-15(2)5-7-16;;/h4-7,14,18,21H,3,8-13H2,1-2H3;2*1H. The van der Waals surface area contributed by atoms with Crippen molar-refractivity contribution >= 4 is 42.1 Å². The summed E-state index contributed by atoms with van der Waals surface area (Å²) in [4.78, 5) is 19.6. The van der Waals surface area contributed by atoms with Gasteiger partial charge in [-0.25, -0.2) is 4.98 Å². The first-order valence-corrected chi connectivity index (χ1v) is 10.1. The lowest BCUT2D eigenvalue weighted by Gasteiger charge is -2.34. The summed E-state index contributed by atoms with van der Waals surface area (Å²) in [5.74, 6) is 0.217. The van der Waals surface area contributed by atoms with Gasteiger partial charge < -0.3 is 10.2 Å². The van der Waals surface area contributed by atoms with Crippen LogP contribution in [0.25, 0.3) is 10.6 Å². The second kappa shape index (κ2) is 11.6. The van der Waals surface area contributed by atoms with E-state index in [1.54, 1.807) is 11.3 Å². The molecule has 1 aromatic heterocycles. The molecule has 27 heavy (non-hydrogen) atoms. The fraction of sp³-hybridized carbons (Fsp3) is 0.500. The number of halogens is 2. The average molecular weight is 430 g/mol. The molecule has 1 fully saturated rings. The third kappa shape index (κ3) is 6.46. The van der Waals surface area contributed by atoms with Crippen LogP contribution in [-0.4, -0.2) is 41.5 Å². The van der Waals surface area contributed by atoms with Crippen LogP contribution in [0.3, 0.4) is 0 Å². The van der Waals surface area contributed by atoms with Crippen molar-refractivity contribution in [2.75, 3.05) is 19.6 Å². The summed E-state index contributed by atoms with van der Waals surface area (Å²) >= 11 is 1.62. The molecule has 1 aliphatic rings. The molecule has 2 aromatic rings. The monoisotopic (exact) mass is 429 g/mol. The van der Waals surface area contributed by atoms with E-state index in [2.05, 4.69) is 48.3 Å². The van der Waals surface area contributed by atoms with Gasteiger partial charge in [0.15, 0.2) is 0 Å². The third-order valence-corrected chi connectivity index (χ3v) is 5.66. The fourth-order valence-electron chi connectivity index (χ4n) is 3.34. The molecule has 1 saturated heterocycles. The number of nitrogens with zero attached hydrogens (tertiary/aromatic N) is 2. The second-order valence-electron chi connectivity index (χ2n) is 6.76. The minimum Gasteiger partial charge on any atom is -0.339 e. The van der Waals surface area contributed by atoms with Crippen LogP contribution in [0, 0.1) is 6.92 Å². The molecule has 0 aliphatic carbocycles. The van der Waals surface area contributed by atoms with Crippen LogP contribution in [0.4, 0.5) is 0 Å². The summed E-state index contributed by atoms with van der Waals surface area (Å²) in [6, 6.07) is 8.77. The van der Waals surface area contributed by atoms with E-state index in [1.807, 2.05) is 5.38 Å². The first-order chi connectivity index (χ1) is 12.2. The highest BCUT2D eigenvalue weighted by Crippen LogP contribution is 2.25. The van der Waals surface area contributed by atoms with Crippen LogP contribution in [0.2, 0.25) is 0 Å². The third-order valence-electron chi connectivity index (χ3n) is 4.72. The van der Waals surface area contributed by atoms with Crippen molar-refractivity contribution in [3.05, 3.63) is 40.9 Å². The van der Waals surface area contributed by atoms with Gasteiger partial charge in [0.25, 0.3) is 0 Å². The number of aromatic nitrogens is 1. The van der Waals surface area contributed by atoms with Gasteiger partial charge in [-0.1, -0.05) is 36.8 Å². The summed E-state index contributed by atoms with van der Waals surface area (Å²) < 4.78 is 0. The highest BCUT2D eigenvalue weighted by Gasteiger charge is 2.25. The Balaban J connectivity index is 0.00000182. The van der Waals surface area contributed by atoms with Crippen molar-refractivity contribution in [2.24, 2.45) is 0 Å². The topological polar surface area (TPSA) is 45.2 Å². The minimum atomic E-state index is 0. The lowest BCUT2D eigenvalue weighted by atomic mass is 10.0. The van der Waals surface area contributed by atoms with Gasteiger partial charge in [-0.3, -0.25) is 4.79 Å². The molecule has 0 atom stereocenters. The maximum atomic E-state index is 12.9. The van der Waals surface area contributed by atoms with Crippen LogP contribution in [0.1, 0.15) is 37.4 Å². The minimum absolute atomic E-state index is 0. The van der Waals surface area contributed by atoms with Gasteiger partial charge in [-0.15, -0.1) is 36.2 Å². The van der Waals surface area contributed by atoms with E-state index in [0.717, 1.165) is 55.2 Å². The largest absolute Gasteiger partial charge is 0.339 e. The van der Waals surface area contributed by atoms with Gasteiger partial charge in [-0.2, -0.15) is 0 Å². The Labute approximate surface area is 178 Å². The SMILES string of the molecule is CCCN(C(=O)Cc1csc(-c2ccc(C)cc2)n1)C1CCNCC1.Cl.Cl. The molecule has 0 spiro atoms. The number of piperidine rings is 1. The Morgan fingerprint density at radius 3 is 2.52 bits per heavy atom. The molecule has 1 aliphatic heterocycles. The second-order valence-corrected chi connectivity index (χ2v) is 7.61. The van der Waals surface area contributed by atoms with Gasteiger partial charge in [0, 0.05) is 23.5 Å². The lowest BCUT2D eigenvalue weighted by Crippen LogP contribution is -2.47. The highest BCUT2D eigenvalue weighted by atomic mass is 35.5. The van der Waals surface area contributed by atoms with Crippen LogP contribution in [-0.2, 0) is 11.2 Å². The Kier molecular flexibility index (Phi) is 10.3. The van der Waals surface area contributed by atoms with Crippen LogP contribution < -0.4 is 5.32 Å². The molecule has 3 rings (SSSR count). The number of benzene rings is 1. The number of rotatable bonds is 6. The lowest BCUT2D eigenvalue weighted by molar-refractivity contribution is -0.133. The van der Waals surface area contributed by atoms with E-state index in [9.17, 15) is 4.79 Å². The number of carbonyl (C=O) groups excluding carboxylic acids is 1. The van der Waals surface area contributed by atoms with Gasteiger partial charge in [0.1, 0.15) is 5.01 Å². The Hall–Kier alpha value is -1.14. The van der Waals surface area contributed by atoms with Crippen molar-refractivity contribution in [1.82, 2.24) is 15.2 Å². The van der Waals surface area contributed by atoms with Gasteiger partial charge >= 0.3 is 0 Å². The fourth-order valence-corrected chi connectivity index (χ4v) is 4.17. The molecule has 0 saturated carbocycles. The van der Waals surface area contributed by atoms with E-state index in [1.165, 1.54) is 5.56 Å². The highest BCUT2D eigenvalue weighted by molar-refractivity contribution is 7.13. The van der Waals surface area contributed by atoms with Gasteiger partial charge in [0.05, 0.1) is 12.1 Å². The predicted octanol–water partition coefficient (Wildman–Crippen LogP) is 4.50. The zero-order valence-electron chi connectivity index (χ0n) is 15.9. The number of aryl methyl sites for hydroxylation is 1. The van der Waals surface area contributed by atoms with E-state index in [-0.39, 0.29) is 30.7 Å². The molecule has 150 valence electrons. The van der Waals surface area contributed by atoms with E-state index >= 15 is 0 Å². The Morgan fingerprint density at radius 1 is 1.22 bits per heavy atom. The Bertz CT molecular complexity index is 700. The molecule has 0 bridgehead atoms. The van der Waals surface area contributed by atoms with Crippen LogP contribution in [0.5, 0.6) is 0 Å². The summed E-state index contributed by atoms with van der Waals surface area (Å²) in [6.45, 7) is 7.08. The first kappa shape index (κ1) is 23.9. The molecule has 0 radical (unpaired) electrons. The molecule has 4 nitrogen and oxygen atoms in total. The Morgan fingerprint density at radius 2 is 1.89 bits per heavy atom. The van der Waals surface area contributed by atoms with Crippen LogP contribution in [0.15, 0.2) is 29.6 Å². The van der Waals surface area contributed by atoms with Crippen molar-refractivity contribution in [2.45, 2.75) is 45.6 Å². The first-order valence-electron chi connectivity index (χ1n) is 9.19. The summed E-state index contributed by atoms with van der Waals surface area (Å²) in [7, 11) is 0. The summed E-state index contributed by atoms with van der Waals surface area (Å²) in [5.41, 5.74) is 3.26. The molecular formula is C20H29Cl2N3OS. The molecule has 7 heteroatoms. The van der Waals surface area contributed by atoms with Crippen molar-refractivity contribution < 1.29 is 4.79 Å². The molecule has 2 heterocycles. The number of nitrogens with one attached hydrogen (secondary N) is 1. The molecule has 1 N–H and O–H groups in total. The van der Waals surface area contributed by atoms with Gasteiger partial charge in [0.2, 0.25) is 5.91 Å². The molecule has 0 unspecified atom stereocenters. The number of carbonyl (C=O) groups is 1. The molecular weight excluding hydrogens is 401 g/mol. The smallest absolute Gasteiger partial charge is 0.228 e. The zero-order valence-corrected chi connectivity index (χ0v) is 18.4. The number of thiazole rings is 1. The average Bonchev–Trinajstić information content (AvgIpc) is 3.09. The quantitative estimate of drug-likeness (QED) is 0.734. The van der Waals surface area contributed by atoms with Gasteiger partial charge in [-0.05, 0) is 39.3 Å². The summed E-state index contributed by atoms with van der Waals surface area (Å²) in [5, 5.41) is 6.40. The van der Waals surface area contributed by atoms with Crippen molar-refractivity contribution in [1.29, 1.82) is 0 Å². The van der Waals surface area contributed by atoms with Crippen LogP contribution >= 0.6 is 36.2 Å². The normalized spacial score (nSPS) is 14.1. The van der Waals surface area contributed by atoms with Crippen molar-refractivity contribution in [3.8, 4) is 10.6 Å². The predicted molar refractivity (Wildman–Crippen MR) is 118 cm³/mol. The van der Waals surface area contributed by atoms with E-state index in [0.29, 0.717) is 12.5 Å². The zero-order chi connectivity index (χ0) is 17.6. The molecule has 1 amide bonds. The molecule has 1 aromatic carbocycles. The maximum Gasteiger partial charge on any atom is 0.228 e. The maximum absolute atomic E-state index is 12.9. The summed E-state index contributed by atoms with van der Waals surface area (Å²) in [6.07, 6.45) is 3.52. The number of amides is 1. The number of hydrogen-bond donors (Lipinski definition) is 1. The van der Waals surface area contributed by atoms with E-state index in [4.69, 9.17) is 4.98 Å². The van der Waals surface area contributed by atoms with E-state index < -0.39 is 0 Å².